The third kappa shape index (κ3) is 8.62. The second-order valence-corrected chi connectivity index (χ2v) is 14.5. The molecule has 0 bridgehead atoms. The predicted octanol–water partition coefficient (Wildman–Crippen LogP) is 7.54. The van der Waals surface area contributed by atoms with Crippen molar-refractivity contribution in [3.63, 3.8) is 0 Å². The predicted molar refractivity (Wildman–Crippen MR) is 184 cm³/mol. The number of halogens is 3. The van der Waals surface area contributed by atoms with Crippen LogP contribution >= 0.6 is 34.8 Å². The number of hydrogen-bond acceptors (Lipinski definition) is 4. The molecule has 0 aliphatic heterocycles. The number of carbonyl (C=O) groups excluding carboxylic acids is 2. The highest BCUT2D eigenvalue weighted by Crippen LogP contribution is 2.28. The number of nitrogens with one attached hydrogen (secondary N) is 1. The van der Waals surface area contributed by atoms with Crippen LogP contribution in [0.2, 0.25) is 15.1 Å². The van der Waals surface area contributed by atoms with E-state index < -0.39 is 28.5 Å². The second kappa shape index (κ2) is 15.4. The zero-order chi connectivity index (χ0) is 32.7. The number of sulfonamides is 1. The molecule has 0 saturated heterocycles. The monoisotopic (exact) mass is 697 g/mol. The Kier molecular flexibility index (Phi) is 11.3. The van der Waals surface area contributed by atoms with Crippen LogP contribution in [0.5, 0.6) is 0 Å². The van der Waals surface area contributed by atoms with Gasteiger partial charge in [0.05, 0.1) is 10.6 Å². The quantitative estimate of drug-likeness (QED) is 0.166. The summed E-state index contributed by atoms with van der Waals surface area (Å²) in [6, 6.07) is 27.6. The van der Waals surface area contributed by atoms with Crippen LogP contribution in [0.3, 0.4) is 0 Å². The van der Waals surface area contributed by atoms with E-state index in [1.807, 2.05) is 36.4 Å². The highest BCUT2D eigenvalue weighted by Gasteiger charge is 2.35. The van der Waals surface area contributed by atoms with E-state index in [-0.39, 0.29) is 35.5 Å². The van der Waals surface area contributed by atoms with Crippen LogP contribution in [0.15, 0.2) is 108 Å². The molecule has 0 spiro atoms. The van der Waals surface area contributed by atoms with E-state index >= 15 is 0 Å². The van der Waals surface area contributed by atoms with Gasteiger partial charge >= 0.3 is 0 Å². The first-order chi connectivity index (χ1) is 22.1. The van der Waals surface area contributed by atoms with Gasteiger partial charge in [-0.3, -0.25) is 13.9 Å². The van der Waals surface area contributed by atoms with Gasteiger partial charge in [-0.1, -0.05) is 96.2 Å². The van der Waals surface area contributed by atoms with Gasteiger partial charge in [0.15, 0.2) is 0 Å². The Hall–Kier alpha value is -3.56. The smallest absolute Gasteiger partial charge is 0.264 e. The summed E-state index contributed by atoms with van der Waals surface area (Å²) < 4.78 is 29.2. The van der Waals surface area contributed by atoms with Crippen LogP contribution in [0, 0.1) is 0 Å². The third-order valence-electron chi connectivity index (χ3n) is 7.99. The van der Waals surface area contributed by atoms with Crippen molar-refractivity contribution in [3.05, 3.63) is 129 Å². The minimum absolute atomic E-state index is 0.0159. The minimum atomic E-state index is -4.27. The first-order valence-corrected chi connectivity index (χ1v) is 17.6. The first kappa shape index (κ1) is 33.8. The minimum Gasteiger partial charge on any atom is -0.352 e. The maximum atomic E-state index is 14.6. The van der Waals surface area contributed by atoms with E-state index in [9.17, 15) is 18.0 Å². The van der Waals surface area contributed by atoms with Gasteiger partial charge in [-0.25, -0.2) is 8.42 Å². The van der Waals surface area contributed by atoms with Crippen LogP contribution in [0.1, 0.15) is 36.8 Å². The molecule has 1 atom stereocenters. The van der Waals surface area contributed by atoms with Crippen molar-refractivity contribution >= 4 is 62.3 Å². The molecule has 1 aliphatic rings. The molecule has 1 fully saturated rings. The molecular weight excluding hydrogens is 665 g/mol. The number of amides is 2. The van der Waals surface area contributed by atoms with Crippen LogP contribution in [0.25, 0.3) is 0 Å². The molecule has 1 saturated carbocycles. The standard InChI is InChI=1S/C35H34Cl3N3O4S/c36-27-16-18-32(19-17-27)46(44,45)41(31-15-7-12-29(38)22-31)24-34(42)40(23-26-10-6-11-28(37)20-26)33(21-25-8-2-1-3-9-25)35(43)39-30-13-4-5-14-30/h1-3,6-12,15-20,22,30,33H,4-5,13-14,21,23-24H2,(H,39,43)/t33-/m0/s1. The summed E-state index contributed by atoms with van der Waals surface area (Å²) in [7, 11) is -4.27. The molecule has 240 valence electrons. The van der Waals surface area contributed by atoms with Crippen LogP contribution < -0.4 is 9.62 Å². The molecule has 0 aromatic heterocycles. The molecule has 1 aliphatic carbocycles. The van der Waals surface area contributed by atoms with Crippen molar-refractivity contribution < 1.29 is 18.0 Å². The topological polar surface area (TPSA) is 86.8 Å². The molecule has 0 heterocycles. The Labute approximate surface area is 285 Å². The van der Waals surface area contributed by atoms with Crippen LogP contribution in [-0.2, 0) is 32.6 Å². The Morgan fingerprint density at radius 2 is 1.39 bits per heavy atom. The lowest BCUT2D eigenvalue weighted by Crippen LogP contribution is -2.54. The molecule has 0 unspecified atom stereocenters. The second-order valence-electron chi connectivity index (χ2n) is 11.3. The van der Waals surface area contributed by atoms with E-state index in [0.717, 1.165) is 35.6 Å². The molecule has 2 amide bonds. The molecule has 4 aromatic carbocycles. The number of rotatable bonds is 12. The van der Waals surface area contributed by atoms with Crippen molar-refractivity contribution in [1.82, 2.24) is 10.2 Å². The largest absolute Gasteiger partial charge is 0.352 e. The molecule has 1 N–H and O–H groups in total. The number of nitrogens with zero attached hydrogens (tertiary/aromatic N) is 2. The third-order valence-corrected chi connectivity index (χ3v) is 10.5. The van der Waals surface area contributed by atoms with Gasteiger partial charge in [-0.05, 0) is 78.6 Å². The molecule has 46 heavy (non-hydrogen) atoms. The maximum Gasteiger partial charge on any atom is 0.264 e. The summed E-state index contributed by atoms with van der Waals surface area (Å²) in [4.78, 5) is 30.0. The number of carbonyl (C=O) groups is 2. The molecule has 11 heteroatoms. The molecule has 4 aromatic rings. The Balaban J connectivity index is 1.57. The number of benzene rings is 4. The van der Waals surface area contributed by atoms with Crippen molar-refractivity contribution in [1.29, 1.82) is 0 Å². The van der Waals surface area contributed by atoms with Gasteiger partial charge in [-0.2, -0.15) is 0 Å². The molecule has 7 nitrogen and oxygen atoms in total. The Bertz CT molecular complexity index is 1770. The summed E-state index contributed by atoms with van der Waals surface area (Å²) >= 11 is 18.7. The summed E-state index contributed by atoms with van der Waals surface area (Å²) in [5.41, 5.74) is 1.76. The zero-order valence-electron chi connectivity index (χ0n) is 25.0. The zero-order valence-corrected chi connectivity index (χ0v) is 28.1. The summed E-state index contributed by atoms with van der Waals surface area (Å²) in [5, 5.41) is 4.31. The Morgan fingerprint density at radius 3 is 2.04 bits per heavy atom. The SMILES string of the molecule is O=C(NC1CCCC1)[C@H](Cc1ccccc1)N(Cc1cccc(Cl)c1)C(=O)CN(c1cccc(Cl)c1)S(=O)(=O)c1ccc(Cl)cc1. The number of hydrogen-bond donors (Lipinski definition) is 1. The van der Waals surface area contributed by atoms with E-state index in [1.165, 1.54) is 35.2 Å². The van der Waals surface area contributed by atoms with Gasteiger partial charge in [0.1, 0.15) is 12.6 Å². The Morgan fingerprint density at radius 1 is 0.761 bits per heavy atom. The molecule has 5 rings (SSSR count). The lowest BCUT2D eigenvalue weighted by Gasteiger charge is -2.34. The fourth-order valence-corrected chi connectivity index (χ4v) is 7.58. The van der Waals surface area contributed by atoms with Gasteiger partial charge in [0, 0.05) is 34.1 Å². The molecule has 0 radical (unpaired) electrons. The van der Waals surface area contributed by atoms with Crippen molar-refractivity contribution in [2.75, 3.05) is 10.8 Å². The van der Waals surface area contributed by atoms with Gasteiger partial charge in [0.25, 0.3) is 10.0 Å². The van der Waals surface area contributed by atoms with E-state index in [1.54, 1.807) is 36.4 Å². The fraction of sp³-hybridized carbons (Fsp3) is 0.257. The van der Waals surface area contributed by atoms with Gasteiger partial charge < -0.3 is 10.2 Å². The first-order valence-electron chi connectivity index (χ1n) is 15.0. The van der Waals surface area contributed by atoms with E-state index in [4.69, 9.17) is 34.8 Å². The van der Waals surface area contributed by atoms with Crippen molar-refractivity contribution in [2.45, 2.75) is 55.6 Å². The lowest BCUT2D eigenvalue weighted by molar-refractivity contribution is -0.140. The van der Waals surface area contributed by atoms with E-state index in [2.05, 4.69) is 5.32 Å². The van der Waals surface area contributed by atoms with Crippen LogP contribution in [-0.4, -0.2) is 43.8 Å². The van der Waals surface area contributed by atoms with E-state index in [0.29, 0.717) is 20.6 Å². The van der Waals surface area contributed by atoms with Crippen molar-refractivity contribution in [2.24, 2.45) is 0 Å². The van der Waals surface area contributed by atoms with Crippen molar-refractivity contribution in [3.8, 4) is 0 Å². The maximum absolute atomic E-state index is 14.6. The highest BCUT2D eigenvalue weighted by molar-refractivity contribution is 7.92. The summed E-state index contributed by atoms with van der Waals surface area (Å²) in [6.45, 7) is -0.562. The molecular formula is C35H34Cl3N3O4S. The summed E-state index contributed by atoms with van der Waals surface area (Å²) in [5.74, 6) is -0.860. The fourth-order valence-electron chi connectivity index (χ4n) is 5.65. The lowest BCUT2D eigenvalue weighted by atomic mass is 10.0. The normalized spacial score (nSPS) is 14.1. The average molecular weight is 699 g/mol. The summed E-state index contributed by atoms with van der Waals surface area (Å²) in [6.07, 6.45) is 4.02. The highest BCUT2D eigenvalue weighted by atomic mass is 35.5. The van der Waals surface area contributed by atoms with Gasteiger partial charge in [0.2, 0.25) is 11.8 Å². The average Bonchev–Trinajstić information content (AvgIpc) is 3.55. The number of anilines is 1. The van der Waals surface area contributed by atoms with Gasteiger partial charge in [-0.15, -0.1) is 0 Å². The van der Waals surface area contributed by atoms with Crippen LogP contribution in [0.4, 0.5) is 5.69 Å².